The van der Waals surface area contributed by atoms with Gasteiger partial charge in [0.05, 0.1) is 11.3 Å². The maximum atomic E-state index is 5.83. The van der Waals surface area contributed by atoms with E-state index >= 15 is 0 Å². The molecule has 2 heterocycles. The van der Waals surface area contributed by atoms with E-state index in [1.165, 1.54) is 0 Å². The predicted octanol–water partition coefficient (Wildman–Crippen LogP) is 1.91. The summed E-state index contributed by atoms with van der Waals surface area (Å²) in [5.74, 6) is 0. The summed E-state index contributed by atoms with van der Waals surface area (Å²) in [6.45, 7) is 6.05. The first-order valence-electron chi connectivity index (χ1n) is 6.34. The van der Waals surface area contributed by atoms with Gasteiger partial charge in [0.2, 0.25) is 0 Å². The van der Waals surface area contributed by atoms with Gasteiger partial charge in [-0.15, -0.1) is 0 Å². The molecule has 94 valence electrons. The molecule has 1 N–H and O–H groups in total. The van der Waals surface area contributed by atoms with Crippen LogP contribution in [0.2, 0.25) is 0 Å². The van der Waals surface area contributed by atoms with Crippen LogP contribution in [0.3, 0.4) is 0 Å². The number of ether oxygens (including phenoxy) is 1. The van der Waals surface area contributed by atoms with E-state index in [2.05, 4.69) is 29.1 Å². The minimum absolute atomic E-state index is 0.0432. The average Bonchev–Trinajstić information content (AvgIpc) is 2.38. The zero-order valence-electron chi connectivity index (χ0n) is 10.6. The van der Waals surface area contributed by atoms with Gasteiger partial charge in [-0.25, -0.2) is 9.97 Å². The van der Waals surface area contributed by atoms with Gasteiger partial charge in [0.25, 0.3) is 0 Å². The highest BCUT2D eigenvalue weighted by atomic mass is 16.5. The highest BCUT2D eigenvalue weighted by molar-refractivity contribution is 4.98. The Morgan fingerprint density at radius 1 is 1.59 bits per heavy atom. The van der Waals surface area contributed by atoms with Crippen LogP contribution in [0, 0.1) is 0 Å². The minimum Gasteiger partial charge on any atom is -0.375 e. The van der Waals surface area contributed by atoms with Crippen LogP contribution in [0.25, 0.3) is 0 Å². The Hall–Kier alpha value is -1.00. The van der Waals surface area contributed by atoms with Gasteiger partial charge in [0.15, 0.2) is 0 Å². The van der Waals surface area contributed by atoms with Crippen LogP contribution in [-0.4, -0.2) is 28.2 Å². The Bertz CT molecular complexity index is 344. The molecule has 17 heavy (non-hydrogen) atoms. The number of aromatic nitrogens is 2. The van der Waals surface area contributed by atoms with Gasteiger partial charge >= 0.3 is 0 Å². The summed E-state index contributed by atoms with van der Waals surface area (Å²) in [7, 11) is 0. The fourth-order valence-corrected chi connectivity index (χ4v) is 2.22. The Morgan fingerprint density at radius 2 is 2.47 bits per heavy atom. The van der Waals surface area contributed by atoms with Crippen molar-refractivity contribution >= 4 is 0 Å². The van der Waals surface area contributed by atoms with Crippen molar-refractivity contribution in [3.63, 3.8) is 0 Å². The van der Waals surface area contributed by atoms with Crippen LogP contribution in [-0.2, 0) is 11.3 Å². The van der Waals surface area contributed by atoms with Crippen LogP contribution in [0.4, 0.5) is 0 Å². The van der Waals surface area contributed by atoms with E-state index in [9.17, 15) is 0 Å². The number of nitrogens with zero attached hydrogens (tertiary/aromatic N) is 2. The molecule has 1 aliphatic heterocycles. The standard InChI is InChI=1S/C13H21N3O/c1-3-13(2)8-11(5-7-17-13)15-9-12-4-6-14-10-16-12/h4,6,10-11,15H,3,5,7-9H2,1-2H3. The molecule has 1 aromatic rings. The molecule has 2 atom stereocenters. The van der Waals surface area contributed by atoms with Gasteiger partial charge in [0, 0.05) is 25.4 Å². The lowest BCUT2D eigenvalue weighted by Crippen LogP contribution is -2.44. The second kappa shape index (κ2) is 5.56. The van der Waals surface area contributed by atoms with Crippen molar-refractivity contribution in [3.05, 3.63) is 24.3 Å². The Labute approximate surface area is 103 Å². The molecule has 1 aliphatic rings. The molecule has 4 heteroatoms. The van der Waals surface area contributed by atoms with Crippen LogP contribution in [0.15, 0.2) is 18.6 Å². The van der Waals surface area contributed by atoms with Crippen LogP contribution in [0.1, 0.15) is 38.8 Å². The van der Waals surface area contributed by atoms with Crippen LogP contribution in [0.5, 0.6) is 0 Å². The lowest BCUT2D eigenvalue weighted by atomic mass is 9.90. The van der Waals surface area contributed by atoms with Gasteiger partial charge in [-0.3, -0.25) is 0 Å². The van der Waals surface area contributed by atoms with Crippen molar-refractivity contribution in [1.82, 2.24) is 15.3 Å². The third-order valence-corrected chi connectivity index (χ3v) is 3.56. The molecular weight excluding hydrogens is 214 g/mol. The summed E-state index contributed by atoms with van der Waals surface area (Å²) < 4.78 is 5.83. The van der Waals surface area contributed by atoms with Crippen molar-refractivity contribution in [3.8, 4) is 0 Å². The minimum atomic E-state index is 0.0432. The normalized spacial score (nSPS) is 29.2. The Kier molecular flexibility index (Phi) is 4.07. The van der Waals surface area contributed by atoms with E-state index in [0.29, 0.717) is 6.04 Å². The van der Waals surface area contributed by atoms with Gasteiger partial charge in [-0.1, -0.05) is 6.92 Å². The molecule has 4 nitrogen and oxygen atoms in total. The van der Waals surface area contributed by atoms with Crippen molar-refractivity contribution < 1.29 is 4.74 Å². The number of nitrogens with one attached hydrogen (secondary N) is 1. The number of hydrogen-bond acceptors (Lipinski definition) is 4. The fourth-order valence-electron chi connectivity index (χ4n) is 2.22. The van der Waals surface area contributed by atoms with Crippen LogP contribution < -0.4 is 5.32 Å². The molecule has 0 saturated carbocycles. The fraction of sp³-hybridized carbons (Fsp3) is 0.692. The molecule has 0 aromatic carbocycles. The molecule has 0 amide bonds. The molecule has 2 rings (SSSR count). The second-order valence-corrected chi connectivity index (χ2v) is 4.92. The maximum Gasteiger partial charge on any atom is 0.115 e. The number of hydrogen-bond donors (Lipinski definition) is 1. The number of rotatable bonds is 4. The third-order valence-electron chi connectivity index (χ3n) is 3.56. The van der Waals surface area contributed by atoms with Gasteiger partial charge in [-0.05, 0) is 32.3 Å². The van der Waals surface area contributed by atoms with Gasteiger partial charge in [-0.2, -0.15) is 0 Å². The van der Waals surface area contributed by atoms with Crippen molar-refractivity contribution in [1.29, 1.82) is 0 Å². The SMILES string of the molecule is CCC1(C)CC(NCc2ccncn2)CCO1. The van der Waals surface area contributed by atoms with E-state index in [-0.39, 0.29) is 5.60 Å². The summed E-state index contributed by atoms with van der Waals surface area (Å²) in [5, 5.41) is 3.56. The summed E-state index contributed by atoms with van der Waals surface area (Å²) in [6.07, 6.45) is 6.61. The molecule has 0 spiro atoms. The molecular formula is C13H21N3O. The largest absolute Gasteiger partial charge is 0.375 e. The molecule has 0 bridgehead atoms. The van der Waals surface area contributed by atoms with E-state index < -0.39 is 0 Å². The zero-order chi connectivity index (χ0) is 12.1. The first kappa shape index (κ1) is 12.5. The first-order chi connectivity index (χ1) is 8.22. The lowest BCUT2D eigenvalue weighted by molar-refractivity contribution is -0.0781. The molecule has 0 radical (unpaired) electrons. The summed E-state index contributed by atoms with van der Waals surface area (Å²) >= 11 is 0. The van der Waals surface area contributed by atoms with E-state index in [1.807, 2.05) is 6.07 Å². The van der Waals surface area contributed by atoms with E-state index in [0.717, 1.165) is 38.1 Å². The van der Waals surface area contributed by atoms with Crippen molar-refractivity contribution in [2.24, 2.45) is 0 Å². The van der Waals surface area contributed by atoms with Crippen molar-refractivity contribution in [2.75, 3.05) is 6.61 Å². The second-order valence-electron chi connectivity index (χ2n) is 4.92. The highest BCUT2D eigenvalue weighted by Gasteiger charge is 2.31. The smallest absolute Gasteiger partial charge is 0.115 e. The predicted molar refractivity (Wildman–Crippen MR) is 66.5 cm³/mol. The molecule has 0 aliphatic carbocycles. The third kappa shape index (κ3) is 3.48. The summed E-state index contributed by atoms with van der Waals surface area (Å²) in [4.78, 5) is 8.13. The van der Waals surface area contributed by atoms with E-state index in [1.54, 1.807) is 12.5 Å². The molecule has 1 aromatic heterocycles. The molecule has 1 saturated heterocycles. The van der Waals surface area contributed by atoms with Gasteiger partial charge < -0.3 is 10.1 Å². The highest BCUT2D eigenvalue weighted by Crippen LogP contribution is 2.27. The Balaban J connectivity index is 1.83. The summed E-state index contributed by atoms with van der Waals surface area (Å²) in [5.41, 5.74) is 1.09. The topological polar surface area (TPSA) is 47.0 Å². The summed E-state index contributed by atoms with van der Waals surface area (Å²) in [6, 6.07) is 2.48. The van der Waals surface area contributed by atoms with Gasteiger partial charge in [0.1, 0.15) is 6.33 Å². The molecule has 2 unspecified atom stereocenters. The maximum absolute atomic E-state index is 5.83. The zero-order valence-corrected chi connectivity index (χ0v) is 10.6. The van der Waals surface area contributed by atoms with Crippen LogP contribution >= 0.6 is 0 Å². The molecule has 1 fully saturated rings. The monoisotopic (exact) mass is 235 g/mol. The first-order valence-corrected chi connectivity index (χ1v) is 6.34. The lowest BCUT2D eigenvalue weighted by Gasteiger charge is -2.38. The average molecular weight is 235 g/mol. The van der Waals surface area contributed by atoms with E-state index in [4.69, 9.17) is 4.74 Å². The Morgan fingerprint density at radius 3 is 3.18 bits per heavy atom. The quantitative estimate of drug-likeness (QED) is 0.866. The van der Waals surface area contributed by atoms with Crippen molar-refractivity contribution in [2.45, 2.75) is 51.3 Å².